The highest BCUT2D eigenvalue weighted by Gasteiger charge is 2.06. The predicted octanol–water partition coefficient (Wildman–Crippen LogP) is 6.16. The van der Waals surface area contributed by atoms with Gasteiger partial charge in [-0.15, -0.1) is 25.3 Å². The highest BCUT2D eigenvalue weighted by atomic mass is 32.1. The molecule has 0 heterocycles. The molecule has 0 aliphatic rings. The minimum atomic E-state index is 0.989. The molecule has 0 spiro atoms. The average Bonchev–Trinajstić information content (AvgIpc) is 2.56. The van der Waals surface area contributed by atoms with Crippen LogP contribution in [0.4, 0.5) is 0 Å². The number of benzene rings is 3. The maximum atomic E-state index is 4.36. The SMILES string of the molecule is CCc1cc(-c2ccc(S)cc2)ccc1-c1ccc(S)cc1. The number of hydrogen-bond acceptors (Lipinski definition) is 2. The summed E-state index contributed by atoms with van der Waals surface area (Å²) in [5, 5.41) is 0. The van der Waals surface area contributed by atoms with Crippen LogP contribution in [0.15, 0.2) is 76.5 Å². The van der Waals surface area contributed by atoms with Crippen LogP contribution in [0.3, 0.4) is 0 Å². The Hall–Kier alpha value is -1.64. The highest BCUT2D eigenvalue weighted by Crippen LogP contribution is 2.30. The number of hydrogen-bond donors (Lipinski definition) is 2. The van der Waals surface area contributed by atoms with Crippen molar-refractivity contribution in [3.63, 3.8) is 0 Å². The fourth-order valence-electron chi connectivity index (χ4n) is 2.64. The summed E-state index contributed by atoms with van der Waals surface area (Å²) in [6.45, 7) is 2.20. The van der Waals surface area contributed by atoms with Crippen molar-refractivity contribution in [2.45, 2.75) is 23.1 Å². The lowest BCUT2D eigenvalue weighted by atomic mass is 9.94. The summed E-state index contributed by atoms with van der Waals surface area (Å²) in [5.41, 5.74) is 6.38. The van der Waals surface area contributed by atoms with Crippen LogP contribution in [0.5, 0.6) is 0 Å². The van der Waals surface area contributed by atoms with E-state index in [9.17, 15) is 0 Å². The quantitative estimate of drug-likeness (QED) is 0.530. The van der Waals surface area contributed by atoms with Gasteiger partial charge in [-0.1, -0.05) is 49.4 Å². The third-order valence-corrected chi connectivity index (χ3v) is 4.46. The van der Waals surface area contributed by atoms with Crippen LogP contribution in [0, 0.1) is 0 Å². The van der Waals surface area contributed by atoms with E-state index < -0.39 is 0 Å². The van der Waals surface area contributed by atoms with E-state index in [0.717, 1.165) is 16.2 Å². The van der Waals surface area contributed by atoms with Crippen molar-refractivity contribution in [1.82, 2.24) is 0 Å². The summed E-state index contributed by atoms with van der Waals surface area (Å²) in [5.74, 6) is 0. The lowest BCUT2D eigenvalue weighted by Crippen LogP contribution is -1.89. The van der Waals surface area contributed by atoms with Gasteiger partial charge in [0.1, 0.15) is 0 Å². The fraction of sp³-hybridized carbons (Fsp3) is 0.100. The number of aryl methyl sites for hydroxylation is 1. The molecule has 3 rings (SSSR count). The molecule has 3 aromatic rings. The lowest BCUT2D eigenvalue weighted by molar-refractivity contribution is 1.14. The highest BCUT2D eigenvalue weighted by molar-refractivity contribution is 7.80. The van der Waals surface area contributed by atoms with E-state index in [4.69, 9.17) is 0 Å². The molecule has 0 aliphatic heterocycles. The van der Waals surface area contributed by atoms with Gasteiger partial charge in [-0.05, 0) is 58.5 Å². The van der Waals surface area contributed by atoms with Crippen molar-refractivity contribution in [2.75, 3.05) is 0 Å². The smallest absolute Gasteiger partial charge is 0.00404 e. The van der Waals surface area contributed by atoms with Crippen LogP contribution in [-0.2, 0) is 6.42 Å². The van der Waals surface area contributed by atoms with Crippen molar-refractivity contribution in [3.05, 3.63) is 72.3 Å². The maximum absolute atomic E-state index is 4.36. The molecule has 0 aromatic heterocycles. The zero-order valence-corrected chi connectivity index (χ0v) is 14.2. The second-order valence-corrected chi connectivity index (χ2v) is 6.35. The molecule has 2 heteroatoms. The van der Waals surface area contributed by atoms with Crippen LogP contribution < -0.4 is 0 Å². The van der Waals surface area contributed by atoms with Crippen molar-refractivity contribution in [1.29, 1.82) is 0 Å². The van der Waals surface area contributed by atoms with Gasteiger partial charge in [0, 0.05) is 9.79 Å². The van der Waals surface area contributed by atoms with E-state index in [0.29, 0.717) is 0 Å². The minimum absolute atomic E-state index is 0.989. The molecule has 22 heavy (non-hydrogen) atoms. The summed E-state index contributed by atoms with van der Waals surface area (Å²) in [4.78, 5) is 1.98. The first-order valence-electron chi connectivity index (χ1n) is 7.39. The largest absolute Gasteiger partial charge is 0.143 e. The van der Waals surface area contributed by atoms with E-state index in [1.54, 1.807) is 0 Å². The third kappa shape index (κ3) is 3.23. The van der Waals surface area contributed by atoms with Gasteiger partial charge in [-0.3, -0.25) is 0 Å². The second kappa shape index (κ2) is 6.64. The molecule has 3 aromatic carbocycles. The first kappa shape index (κ1) is 15.3. The minimum Gasteiger partial charge on any atom is -0.143 e. The van der Waals surface area contributed by atoms with Gasteiger partial charge in [-0.2, -0.15) is 0 Å². The van der Waals surface area contributed by atoms with E-state index >= 15 is 0 Å². The molecule has 0 bridgehead atoms. The van der Waals surface area contributed by atoms with E-state index in [2.05, 4.69) is 74.6 Å². The van der Waals surface area contributed by atoms with Gasteiger partial charge < -0.3 is 0 Å². The van der Waals surface area contributed by atoms with Crippen LogP contribution in [0.1, 0.15) is 12.5 Å². The molecular weight excluding hydrogens is 304 g/mol. The van der Waals surface area contributed by atoms with Crippen LogP contribution >= 0.6 is 25.3 Å². The van der Waals surface area contributed by atoms with Gasteiger partial charge in [-0.25, -0.2) is 0 Å². The molecule has 0 fully saturated rings. The second-order valence-electron chi connectivity index (χ2n) is 5.32. The zero-order valence-electron chi connectivity index (χ0n) is 12.5. The topological polar surface area (TPSA) is 0 Å². The molecular formula is C20H18S2. The summed E-state index contributed by atoms with van der Waals surface area (Å²) < 4.78 is 0. The fourth-order valence-corrected chi connectivity index (χ4v) is 2.94. The Kier molecular flexibility index (Phi) is 4.60. The number of thiol groups is 2. The molecule has 0 radical (unpaired) electrons. The Morgan fingerprint density at radius 2 is 1.14 bits per heavy atom. The Bertz CT molecular complexity index is 772. The van der Waals surface area contributed by atoms with Gasteiger partial charge >= 0.3 is 0 Å². The molecule has 0 nitrogen and oxygen atoms in total. The predicted molar refractivity (Wildman–Crippen MR) is 101 cm³/mol. The average molecular weight is 322 g/mol. The van der Waals surface area contributed by atoms with Gasteiger partial charge in [0.2, 0.25) is 0 Å². The van der Waals surface area contributed by atoms with Gasteiger partial charge in [0.05, 0.1) is 0 Å². The third-order valence-electron chi connectivity index (χ3n) is 3.87. The van der Waals surface area contributed by atoms with E-state index in [1.165, 1.54) is 27.8 Å². The normalized spacial score (nSPS) is 10.7. The molecule has 0 unspecified atom stereocenters. The van der Waals surface area contributed by atoms with Crippen LogP contribution in [0.2, 0.25) is 0 Å². The van der Waals surface area contributed by atoms with Crippen molar-refractivity contribution >= 4 is 25.3 Å². The summed E-state index contributed by atoms with van der Waals surface area (Å²) in [6, 6.07) is 23.3. The summed E-state index contributed by atoms with van der Waals surface area (Å²) in [6.07, 6.45) is 1.01. The Balaban J connectivity index is 2.04. The van der Waals surface area contributed by atoms with Gasteiger partial charge in [0.15, 0.2) is 0 Å². The maximum Gasteiger partial charge on any atom is 0.00404 e. The molecule has 0 saturated heterocycles. The molecule has 0 N–H and O–H groups in total. The summed E-state index contributed by atoms with van der Waals surface area (Å²) in [7, 11) is 0. The van der Waals surface area contributed by atoms with Crippen LogP contribution in [-0.4, -0.2) is 0 Å². The molecule has 110 valence electrons. The molecule has 0 atom stereocenters. The molecule has 0 aliphatic carbocycles. The Morgan fingerprint density at radius 1 is 0.636 bits per heavy atom. The summed E-state index contributed by atoms with van der Waals surface area (Å²) >= 11 is 8.71. The zero-order chi connectivity index (χ0) is 15.5. The van der Waals surface area contributed by atoms with E-state index in [-0.39, 0.29) is 0 Å². The Morgan fingerprint density at radius 3 is 1.68 bits per heavy atom. The van der Waals surface area contributed by atoms with Crippen molar-refractivity contribution in [2.24, 2.45) is 0 Å². The Labute approximate surface area is 143 Å². The lowest BCUT2D eigenvalue weighted by Gasteiger charge is -2.11. The molecule has 0 amide bonds. The van der Waals surface area contributed by atoms with Crippen LogP contribution in [0.25, 0.3) is 22.3 Å². The van der Waals surface area contributed by atoms with Crippen molar-refractivity contribution in [3.8, 4) is 22.3 Å². The van der Waals surface area contributed by atoms with Gasteiger partial charge in [0.25, 0.3) is 0 Å². The first-order valence-corrected chi connectivity index (χ1v) is 8.28. The van der Waals surface area contributed by atoms with Crippen molar-refractivity contribution < 1.29 is 0 Å². The standard InChI is InChI=1S/C20H18S2/c1-2-14-13-17(15-3-8-18(21)9-4-15)7-12-20(14)16-5-10-19(22)11-6-16/h3-13,21-22H,2H2,1H3. The first-order chi connectivity index (χ1) is 10.7. The van der Waals surface area contributed by atoms with E-state index in [1.807, 2.05) is 24.3 Å². The molecule has 0 saturated carbocycles. The number of rotatable bonds is 3. The monoisotopic (exact) mass is 322 g/mol.